The van der Waals surface area contributed by atoms with Crippen molar-refractivity contribution in [2.45, 2.75) is 19.0 Å². The Balaban J connectivity index is 1.60. The van der Waals surface area contributed by atoms with Crippen molar-refractivity contribution in [2.24, 2.45) is 0 Å². The minimum absolute atomic E-state index is 0.258. The number of nitrogens with zero attached hydrogens (tertiary/aromatic N) is 3. The van der Waals surface area contributed by atoms with E-state index >= 15 is 0 Å². The fraction of sp³-hybridized carbons (Fsp3) is 0.250. The van der Waals surface area contributed by atoms with Crippen LogP contribution in [0.3, 0.4) is 0 Å². The summed E-state index contributed by atoms with van der Waals surface area (Å²) < 4.78 is 38.4. The van der Waals surface area contributed by atoms with Crippen LogP contribution >= 0.6 is 0 Å². The number of H-pyrrole nitrogens is 1. The molecule has 0 saturated heterocycles. The van der Waals surface area contributed by atoms with Gasteiger partial charge in [0.1, 0.15) is 17.7 Å². The molecule has 0 amide bonds. The lowest BCUT2D eigenvalue weighted by atomic mass is 10.1. The first kappa shape index (κ1) is 17.6. The number of imidazole rings is 1. The minimum atomic E-state index is -4.41. The topological polar surface area (TPSA) is 96.7 Å². The smallest absolute Gasteiger partial charge is 0.390 e. The average molecular weight is 365 g/mol. The van der Waals surface area contributed by atoms with Crippen LogP contribution in [0.1, 0.15) is 17.7 Å². The van der Waals surface area contributed by atoms with Gasteiger partial charge >= 0.3 is 12.1 Å². The van der Waals surface area contributed by atoms with Crippen LogP contribution in [0, 0.1) is 10.1 Å². The van der Waals surface area contributed by atoms with Crippen LogP contribution in [0.4, 0.5) is 24.9 Å². The van der Waals surface area contributed by atoms with Gasteiger partial charge < -0.3 is 15.4 Å². The Morgan fingerprint density at radius 2 is 2.00 bits per heavy atom. The summed E-state index contributed by atoms with van der Waals surface area (Å²) >= 11 is 0. The minimum Gasteiger partial charge on any atom is -0.390 e. The normalized spacial score (nSPS) is 11.7. The molecule has 0 unspecified atom stereocenters. The molecular formula is C16H14F3N5O2. The maximum atomic E-state index is 12.8. The molecule has 2 N–H and O–H groups in total. The number of aromatic nitrogens is 3. The molecule has 3 aromatic rings. The number of fused-ring (bicyclic) bond motifs is 1. The first-order valence-electron chi connectivity index (χ1n) is 7.73. The molecule has 0 bridgehead atoms. The standard InChI is InChI=1S/C16H14F3N5O2/c17-16(18,19)11-5-3-10-4-6-14(23-13(10)8-11)20-7-1-2-12-9-21-15(22-12)24(25)26/h3-6,8-9H,1-2,7H2,(H,20,23)(H,21,22). The van der Waals surface area contributed by atoms with E-state index in [1.54, 1.807) is 12.1 Å². The third-order valence-corrected chi connectivity index (χ3v) is 3.74. The van der Waals surface area contributed by atoms with E-state index in [1.807, 2.05) is 0 Å². The van der Waals surface area contributed by atoms with Crippen LogP contribution in [0.15, 0.2) is 36.5 Å². The Labute approximate surface area is 145 Å². The number of nitrogens with one attached hydrogen (secondary N) is 2. The van der Waals surface area contributed by atoms with E-state index in [9.17, 15) is 23.3 Å². The summed E-state index contributed by atoms with van der Waals surface area (Å²) in [5.41, 5.74) is 0.157. The number of aromatic amines is 1. The van der Waals surface area contributed by atoms with Gasteiger partial charge in [-0.25, -0.2) is 9.97 Å². The van der Waals surface area contributed by atoms with Gasteiger partial charge in [-0.2, -0.15) is 13.2 Å². The lowest BCUT2D eigenvalue weighted by molar-refractivity contribution is -0.393. The second-order valence-electron chi connectivity index (χ2n) is 5.62. The van der Waals surface area contributed by atoms with Gasteiger partial charge in [-0.1, -0.05) is 11.1 Å². The number of anilines is 1. The van der Waals surface area contributed by atoms with Crippen molar-refractivity contribution in [3.05, 3.63) is 57.9 Å². The summed E-state index contributed by atoms with van der Waals surface area (Å²) in [7, 11) is 0. The number of nitro groups is 1. The molecule has 0 fully saturated rings. The van der Waals surface area contributed by atoms with Gasteiger partial charge in [0.15, 0.2) is 0 Å². The van der Waals surface area contributed by atoms with Gasteiger partial charge in [-0.05, 0) is 35.6 Å². The zero-order valence-electron chi connectivity index (χ0n) is 13.4. The first-order valence-corrected chi connectivity index (χ1v) is 7.73. The maximum absolute atomic E-state index is 12.8. The summed E-state index contributed by atoms with van der Waals surface area (Å²) in [5.74, 6) is 0.164. The van der Waals surface area contributed by atoms with E-state index in [4.69, 9.17) is 0 Å². The number of benzene rings is 1. The Bertz CT molecular complexity index is 939. The number of halogens is 3. The van der Waals surface area contributed by atoms with Crippen LogP contribution in [-0.2, 0) is 12.6 Å². The van der Waals surface area contributed by atoms with Crippen molar-refractivity contribution >= 4 is 22.7 Å². The molecule has 0 aliphatic rings. The van der Waals surface area contributed by atoms with Crippen LogP contribution in [-0.4, -0.2) is 26.4 Å². The second kappa shape index (κ2) is 6.98. The summed E-state index contributed by atoms with van der Waals surface area (Å²) in [6, 6.07) is 6.82. The van der Waals surface area contributed by atoms with Crippen LogP contribution in [0.5, 0.6) is 0 Å². The zero-order valence-corrected chi connectivity index (χ0v) is 13.4. The monoisotopic (exact) mass is 365 g/mol. The van der Waals surface area contributed by atoms with Gasteiger partial charge in [0.2, 0.25) is 0 Å². The molecule has 0 radical (unpaired) electrons. The van der Waals surface area contributed by atoms with Crippen molar-refractivity contribution in [3.63, 3.8) is 0 Å². The van der Waals surface area contributed by atoms with E-state index in [1.165, 1.54) is 12.3 Å². The molecule has 0 aliphatic heterocycles. The van der Waals surface area contributed by atoms with Gasteiger partial charge in [0.05, 0.1) is 11.1 Å². The number of hydrogen-bond acceptors (Lipinski definition) is 5. The highest BCUT2D eigenvalue weighted by molar-refractivity contribution is 5.81. The number of aryl methyl sites for hydroxylation is 1. The Morgan fingerprint density at radius 3 is 2.69 bits per heavy atom. The highest BCUT2D eigenvalue weighted by Gasteiger charge is 2.30. The highest BCUT2D eigenvalue weighted by Crippen LogP contribution is 2.31. The molecule has 2 aromatic heterocycles. The van der Waals surface area contributed by atoms with Gasteiger partial charge in [0, 0.05) is 18.4 Å². The van der Waals surface area contributed by atoms with Gasteiger partial charge in [-0.15, -0.1) is 0 Å². The molecule has 10 heteroatoms. The van der Waals surface area contributed by atoms with Crippen molar-refractivity contribution in [3.8, 4) is 0 Å². The van der Waals surface area contributed by atoms with E-state index in [-0.39, 0.29) is 11.5 Å². The number of alkyl halides is 3. The second-order valence-corrected chi connectivity index (χ2v) is 5.62. The van der Waals surface area contributed by atoms with E-state index in [0.717, 1.165) is 12.1 Å². The lowest BCUT2D eigenvalue weighted by Crippen LogP contribution is -2.06. The van der Waals surface area contributed by atoms with Crippen molar-refractivity contribution < 1.29 is 18.1 Å². The molecule has 0 saturated carbocycles. The lowest BCUT2D eigenvalue weighted by Gasteiger charge is -2.09. The quantitative estimate of drug-likeness (QED) is 0.392. The summed E-state index contributed by atoms with van der Waals surface area (Å²) in [5, 5.41) is 14.2. The summed E-state index contributed by atoms with van der Waals surface area (Å²) in [4.78, 5) is 20.4. The van der Waals surface area contributed by atoms with E-state index in [0.29, 0.717) is 36.3 Å². The molecular weight excluding hydrogens is 351 g/mol. The Kier molecular flexibility index (Phi) is 4.74. The Morgan fingerprint density at radius 1 is 1.23 bits per heavy atom. The Hall–Kier alpha value is -3.17. The molecule has 1 aromatic carbocycles. The number of hydrogen-bond donors (Lipinski definition) is 2. The van der Waals surface area contributed by atoms with Gasteiger partial charge in [0.25, 0.3) is 0 Å². The molecule has 0 spiro atoms. The molecule has 0 atom stereocenters. The molecule has 3 rings (SSSR count). The molecule has 0 aliphatic carbocycles. The van der Waals surface area contributed by atoms with Crippen LogP contribution < -0.4 is 5.32 Å². The SMILES string of the molecule is O=[N+]([O-])c1ncc(CCCNc2ccc3ccc(C(F)(F)F)cc3n2)[nH]1. The molecule has 7 nitrogen and oxygen atoms in total. The predicted molar refractivity (Wildman–Crippen MR) is 88.8 cm³/mol. The zero-order chi connectivity index (χ0) is 18.7. The number of rotatable bonds is 6. The van der Waals surface area contributed by atoms with Crippen molar-refractivity contribution in [1.29, 1.82) is 0 Å². The van der Waals surface area contributed by atoms with Gasteiger partial charge in [-0.3, -0.25) is 0 Å². The third-order valence-electron chi connectivity index (χ3n) is 3.74. The van der Waals surface area contributed by atoms with E-state index < -0.39 is 16.7 Å². The van der Waals surface area contributed by atoms with Crippen molar-refractivity contribution in [2.75, 3.05) is 11.9 Å². The van der Waals surface area contributed by atoms with Crippen molar-refractivity contribution in [1.82, 2.24) is 15.0 Å². The van der Waals surface area contributed by atoms with Crippen LogP contribution in [0.2, 0.25) is 0 Å². The van der Waals surface area contributed by atoms with E-state index in [2.05, 4.69) is 20.3 Å². The molecule has 2 heterocycles. The largest absolute Gasteiger partial charge is 0.432 e. The summed E-state index contributed by atoms with van der Waals surface area (Å²) in [6.07, 6.45) is -1.82. The first-order chi connectivity index (χ1) is 12.3. The maximum Gasteiger partial charge on any atom is 0.432 e. The highest BCUT2D eigenvalue weighted by atomic mass is 19.4. The number of pyridine rings is 1. The summed E-state index contributed by atoms with van der Waals surface area (Å²) in [6.45, 7) is 0.504. The fourth-order valence-corrected chi connectivity index (χ4v) is 2.45. The predicted octanol–water partition coefficient (Wildman–Crippen LogP) is 3.93. The molecule has 26 heavy (non-hydrogen) atoms. The van der Waals surface area contributed by atoms with Crippen LogP contribution in [0.25, 0.3) is 10.9 Å². The fourth-order valence-electron chi connectivity index (χ4n) is 2.45. The third kappa shape index (κ3) is 4.08. The average Bonchev–Trinajstić information content (AvgIpc) is 3.06. The molecule has 136 valence electrons.